The Morgan fingerprint density at radius 2 is 2.00 bits per heavy atom. The van der Waals surface area contributed by atoms with Crippen molar-refractivity contribution in [2.75, 3.05) is 11.9 Å². The smallest absolute Gasteiger partial charge is 0.299 e. The summed E-state index contributed by atoms with van der Waals surface area (Å²) in [6.07, 6.45) is 0.763. The molecule has 1 atom stereocenters. The second-order valence-corrected chi connectivity index (χ2v) is 4.04. The van der Waals surface area contributed by atoms with E-state index in [4.69, 9.17) is 0 Å². The molecule has 0 aliphatic rings. The van der Waals surface area contributed by atoms with Crippen LogP contribution in [0.3, 0.4) is 0 Å². The molecule has 1 aromatic rings. The highest BCUT2D eigenvalue weighted by atomic mass is 16.6. The predicted molar refractivity (Wildman–Crippen MR) is 69.2 cm³/mol. The third-order valence-corrected chi connectivity index (χ3v) is 2.54. The Balaban J connectivity index is 2.88. The number of nitro benzene ring substituents is 2. The Bertz CT molecular complexity index is 477. The number of nitrogens with one attached hydrogen (secondary N) is 1. The summed E-state index contributed by atoms with van der Waals surface area (Å²) in [5.41, 5.74) is -0.560. The lowest BCUT2D eigenvalue weighted by atomic mass is 10.2. The van der Waals surface area contributed by atoms with Crippen molar-refractivity contribution in [3.05, 3.63) is 38.4 Å². The van der Waals surface area contributed by atoms with E-state index in [1.54, 1.807) is 0 Å². The summed E-state index contributed by atoms with van der Waals surface area (Å²) in [6, 6.07) is 3.35. The number of rotatable bonds is 7. The maximum atomic E-state index is 10.8. The van der Waals surface area contributed by atoms with Gasteiger partial charge in [-0.1, -0.05) is 13.3 Å². The van der Waals surface area contributed by atoms with E-state index < -0.39 is 16.0 Å². The molecule has 19 heavy (non-hydrogen) atoms. The fourth-order valence-electron chi connectivity index (χ4n) is 1.60. The number of nitro groups is 2. The van der Waals surface area contributed by atoms with Crippen LogP contribution in [0.4, 0.5) is 17.1 Å². The van der Waals surface area contributed by atoms with E-state index in [9.17, 15) is 25.3 Å². The molecule has 8 nitrogen and oxygen atoms in total. The van der Waals surface area contributed by atoms with Crippen molar-refractivity contribution in [3.8, 4) is 0 Å². The van der Waals surface area contributed by atoms with Crippen LogP contribution < -0.4 is 5.32 Å². The summed E-state index contributed by atoms with van der Waals surface area (Å²) in [7, 11) is 0. The maximum absolute atomic E-state index is 10.8. The number of aliphatic hydroxyl groups is 1. The van der Waals surface area contributed by atoms with E-state index in [0.717, 1.165) is 12.5 Å². The minimum absolute atomic E-state index is 0.158. The van der Waals surface area contributed by atoms with Gasteiger partial charge in [0.1, 0.15) is 5.69 Å². The van der Waals surface area contributed by atoms with Crippen LogP contribution in [-0.4, -0.2) is 27.6 Å². The Morgan fingerprint density at radius 1 is 1.32 bits per heavy atom. The number of nitrogens with zero attached hydrogens (tertiary/aromatic N) is 2. The molecular formula is C11H15N3O5. The van der Waals surface area contributed by atoms with Crippen LogP contribution in [-0.2, 0) is 0 Å². The molecule has 1 aromatic carbocycles. The molecule has 0 aliphatic carbocycles. The van der Waals surface area contributed by atoms with Crippen LogP contribution in [0.2, 0.25) is 0 Å². The van der Waals surface area contributed by atoms with Gasteiger partial charge in [0, 0.05) is 12.6 Å². The summed E-state index contributed by atoms with van der Waals surface area (Å²) in [5, 5.41) is 33.7. The van der Waals surface area contributed by atoms with Gasteiger partial charge in [0.25, 0.3) is 11.4 Å². The van der Waals surface area contributed by atoms with Gasteiger partial charge in [-0.25, -0.2) is 0 Å². The normalized spacial score (nSPS) is 11.9. The number of aliphatic hydroxyl groups excluding tert-OH is 1. The Morgan fingerprint density at radius 3 is 2.53 bits per heavy atom. The Labute approximate surface area is 109 Å². The summed E-state index contributed by atoms with van der Waals surface area (Å²) in [5.74, 6) is 0. The minimum Gasteiger partial charge on any atom is -0.391 e. The molecule has 0 aliphatic heterocycles. The maximum Gasteiger partial charge on any atom is 0.299 e. The molecule has 0 amide bonds. The van der Waals surface area contributed by atoms with Gasteiger partial charge in [0.05, 0.1) is 22.0 Å². The number of benzene rings is 1. The van der Waals surface area contributed by atoms with E-state index in [1.807, 2.05) is 6.92 Å². The first-order chi connectivity index (χ1) is 8.95. The van der Waals surface area contributed by atoms with Crippen LogP contribution in [0.1, 0.15) is 19.8 Å². The molecule has 8 heteroatoms. The van der Waals surface area contributed by atoms with Gasteiger partial charge in [0.2, 0.25) is 0 Å². The topological polar surface area (TPSA) is 119 Å². The molecular weight excluding hydrogens is 254 g/mol. The molecule has 2 N–H and O–H groups in total. The monoisotopic (exact) mass is 269 g/mol. The van der Waals surface area contributed by atoms with Crippen molar-refractivity contribution < 1.29 is 15.0 Å². The van der Waals surface area contributed by atoms with Crippen LogP contribution >= 0.6 is 0 Å². The quantitative estimate of drug-likeness (QED) is 0.577. The Kier molecular flexibility index (Phi) is 5.19. The van der Waals surface area contributed by atoms with Crippen LogP contribution in [0.15, 0.2) is 18.2 Å². The average molecular weight is 269 g/mol. The highest BCUT2D eigenvalue weighted by Crippen LogP contribution is 2.28. The zero-order chi connectivity index (χ0) is 14.4. The average Bonchev–Trinajstić information content (AvgIpc) is 2.36. The molecule has 0 saturated heterocycles. The summed E-state index contributed by atoms with van der Waals surface area (Å²) in [6.45, 7) is 2.07. The highest BCUT2D eigenvalue weighted by molar-refractivity contribution is 5.65. The van der Waals surface area contributed by atoms with Gasteiger partial charge in [-0.15, -0.1) is 0 Å². The standard InChI is InChI=1S/C11H15N3O5/c1-2-3-9(15)7-12-10-5-4-8(13(16)17)6-11(10)14(18)19/h4-6,9,12,15H,2-3,7H2,1H3. The van der Waals surface area contributed by atoms with Crippen molar-refractivity contribution >= 4 is 17.1 Å². The summed E-state index contributed by atoms with van der Waals surface area (Å²) in [4.78, 5) is 20.0. The number of anilines is 1. The van der Waals surface area contributed by atoms with Gasteiger partial charge in [0.15, 0.2) is 0 Å². The fourth-order valence-corrected chi connectivity index (χ4v) is 1.60. The van der Waals surface area contributed by atoms with E-state index in [2.05, 4.69) is 5.32 Å². The Hall–Kier alpha value is -2.22. The van der Waals surface area contributed by atoms with Gasteiger partial charge >= 0.3 is 0 Å². The zero-order valence-electron chi connectivity index (χ0n) is 10.4. The van der Waals surface area contributed by atoms with Gasteiger partial charge in [-0.05, 0) is 12.5 Å². The van der Waals surface area contributed by atoms with Crippen molar-refractivity contribution in [1.29, 1.82) is 0 Å². The van der Waals surface area contributed by atoms with Gasteiger partial charge in [-0.3, -0.25) is 20.2 Å². The highest BCUT2D eigenvalue weighted by Gasteiger charge is 2.19. The molecule has 0 bridgehead atoms. The van der Waals surface area contributed by atoms with Crippen molar-refractivity contribution in [2.45, 2.75) is 25.9 Å². The van der Waals surface area contributed by atoms with E-state index in [-0.39, 0.29) is 23.6 Å². The fraction of sp³-hybridized carbons (Fsp3) is 0.455. The molecule has 0 aromatic heterocycles. The van der Waals surface area contributed by atoms with Crippen molar-refractivity contribution in [1.82, 2.24) is 0 Å². The summed E-state index contributed by atoms with van der Waals surface area (Å²) < 4.78 is 0. The van der Waals surface area contributed by atoms with Gasteiger partial charge in [-0.2, -0.15) is 0 Å². The molecule has 0 heterocycles. The molecule has 1 unspecified atom stereocenters. The molecule has 104 valence electrons. The molecule has 0 radical (unpaired) electrons. The van der Waals surface area contributed by atoms with Crippen LogP contribution in [0, 0.1) is 20.2 Å². The lowest BCUT2D eigenvalue weighted by Gasteiger charge is -2.11. The lowest BCUT2D eigenvalue weighted by Crippen LogP contribution is -2.19. The zero-order valence-corrected chi connectivity index (χ0v) is 10.4. The van der Waals surface area contributed by atoms with Crippen molar-refractivity contribution in [2.24, 2.45) is 0 Å². The second kappa shape index (κ2) is 6.64. The van der Waals surface area contributed by atoms with E-state index in [1.165, 1.54) is 12.1 Å². The van der Waals surface area contributed by atoms with Gasteiger partial charge < -0.3 is 10.4 Å². The first-order valence-electron chi connectivity index (χ1n) is 5.80. The second-order valence-electron chi connectivity index (χ2n) is 4.04. The first kappa shape index (κ1) is 14.8. The van der Waals surface area contributed by atoms with E-state index in [0.29, 0.717) is 6.42 Å². The number of hydrogen-bond acceptors (Lipinski definition) is 6. The predicted octanol–water partition coefficient (Wildman–Crippen LogP) is 2.08. The first-order valence-corrected chi connectivity index (χ1v) is 5.80. The largest absolute Gasteiger partial charge is 0.391 e. The molecule has 0 saturated carbocycles. The minimum atomic E-state index is -0.693. The van der Waals surface area contributed by atoms with E-state index >= 15 is 0 Å². The SMILES string of the molecule is CCCC(O)CNc1ccc([N+](=O)[O-])cc1[N+](=O)[O-]. The van der Waals surface area contributed by atoms with Crippen LogP contribution in [0.5, 0.6) is 0 Å². The number of hydrogen-bond donors (Lipinski definition) is 2. The van der Waals surface area contributed by atoms with Crippen molar-refractivity contribution in [3.63, 3.8) is 0 Å². The van der Waals surface area contributed by atoms with Crippen LogP contribution in [0.25, 0.3) is 0 Å². The number of non-ortho nitro benzene ring substituents is 1. The molecule has 1 rings (SSSR count). The third-order valence-electron chi connectivity index (χ3n) is 2.54. The molecule has 0 spiro atoms. The lowest BCUT2D eigenvalue weighted by molar-refractivity contribution is -0.393. The third kappa shape index (κ3) is 4.18. The molecule has 0 fully saturated rings. The summed E-state index contributed by atoms with van der Waals surface area (Å²) >= 11 is 0.